The zero-order chi connectivity index (χ0) is 19.9. The van der Waals surface area contributed by atoms with Crippen LogP contribution < -0.4 is 5.32 Å². The Morgan fingerprint density at radius 1 is 1.21 bits per heavy atom. The summed E-state index contributed by atoms with van der Waals surface area (Å²) in [5.41, 5.74) is 0.866. The van der Waals surface area contributed by atoms with E-state index in [1.54, 1.807) is 11.8 Å². The van der Waals surface area contributed by atoms with Gasteiger partial charge in [0.15, 0.2) is 11.7 Å². The summed E-state index contributed by atoms with van der Waals surface area (Å²) in [6, 6.07) is 7.69. The molecule has 9 heteroatoms. The first kappa shape index (κ1) is 20.1. The van der Waals surface area contributed by atoms with Crippen LogP contribution in [0.25, 0.3) is 10.2 Å². The molecule has 1 aliphatic heterocycles. The van der Waals surface area contributed by atoms with E-state index < -0.39 is 5.97 Å². The Labute approximate surface area is 166 Å². The van der Waals surface area contributed by atoms with E-state index in [1.807, 2.05) is 24.3 Å². The zero-order valence-electron chi connectivity index (χ0n) is 15.7. The highest BCUT2D eigenvalue weighted by Crippen LogP contribution is 2.25. The molecule has 0 radical (unpaired) electrons. The molecule has 0 atom stereocenters. The second-order valence-electron chi connectivity index (χ2n) is 6.41. The maximum absolute atomic E-state index is 12.2. The van der Waals surface area contributed by atoms with Gasteiger partial charge < -0.3 is 19.7 Å². The van der Waals surface area contributed by atoms with Gasteiger partial charge in [0.05, 0.1) is 22.7 Å². The van der Waals surface area contributed by atoms with Gasteiger partial charge in [-0.15, -0.1) is 0 Å². The Morgan fingerprint density at radius 2 is 1.96 bits per heavy atom. The van der Waals surface area contributed by atoms with Gasteiger partial charge in [-0.1, -0.05) is 23.5 Å². The van der Waals surface area contributed by atoms with Gasteiger partial charge in [-0.3, -0.25) is 14.4 Å². The summed E-state index contributed by atoms with van der Waals surface area (Å²) in [7, 11) is 0. The number of hydrogen-bond donors (Lipinski definition) is 1. The molecular formula is C19H23N3O5S. The minimum atomic E-state index is -0.519. The number of esters is 2. The van der Waals surface area contributed by atoms with Crippen molar-refractivity contribution in [2.24, 2.45) is 5.92 Å². The quantitative estimate of drug-likeness (QED) is 0.704. The minimum Gasteiger partial charge on any atom is -0.466 e. The highest BCUT2D eigenvalue weighted by Gasteiger charge is 2.28. The third kappa shape index (κ3) is 5.19. The highest BCUT2D eigenvalue weighted by atomic mass is 32.1. The Balaban J connectivity index is 1.37. The fraction of sp³-hybridized carbons (Fsp3) is 0.474. The van der Waals surface area contributed by atoms with E-state index in [2.05, 4.69) is 10.3 Å². The number of aromatic nitrogens is 1. The molecule has 1 N–H and O–H groups in total. The van der Waals surface area contributed by atoms with Crippen molar-refractivity contribution in [3.05, 3.63) is 24.3 Å². The molecule has 0 spiro atoms. The summed E-state index contributed by atoms with van der Waals surface area (Å²) in [6.07, 6.45) is 1.13. The first-order valence-electron chi connectivity index (χ1n) is 9.26. The molecule has 1 amide bonds. The lowest BCUT2D eigenvalue weighted by Gasteiger charge is -2.30. The van der Waals surface area contributed by atoms with E-state index in [4.69, 9.17) is 9.47 Å². The van der Waals surface area contributed by atoms with Gasteiger partial charge >= 0.3 is 11.9 Å². The number of fused-ring (bicyclic) bond motifs is 1. The molecule has 3 rings (SSSR count). The Morgan fingerprint density at radius 3 is 2.68 bits per heavy atom. The average molecular weight is 405 g/mol. The van der Waals surface area contributed by atoms with E-state index in [0.717, 1.165) is 10.2 Å². The first-order valence-corrected chi connectivity index (χ1v) is 10.1. The minimum absolute atomic E-state index is 0.0575. The number of hydrogen-bond acceptors (Lipinski definition) is 8. The van der Waals surface area contributed by atoms with Crippen LogP contribution in [0.4, 0.5) is 5.13 Å². The summed E-state index contributed by atoms with van der Waals surface area (Å²) < 4.78 is 11.1. The molecule has 8 nitrogen and oxygen atoms in total. The molecule has 1 fully saturated rings. The van der Waals surface area contributed by atoms with Gasteiger partial charge in [-0.05, 0) is 31.9 Å². The smallest absolute Gasteiger partial charge is 0.325 e. The van der Waals surface area contributed by atoms with Crippen LogP contribution in [0.3, 0.4) is 0 Å². The summed E-state index contributed by atoms with van der Waals surface area (Å²) in [5.74, 6) is -1.14. The molecular weight excluding hydrogens is 382 g/mol. The van der Waals surface area contributed by atoms with E-state index >= 15 is 0 Å². The zero-order valence-corrected chi connectivity index (χ0v) is 16.5. The first-order chi connectivity index (χ1) is 13.6. The molecule has 2 aromatic rings. The number of anilines is 1. The SMILES string of the molecule is CCOC(=O)C1CCN(C(=O)COC(=O)CNc2nc3ccccc3s2)CC1. The van der Waals surface area contributed by atoms with E-state index in [9.17, 15) is 14.4 Å². The Bertz CT molecular complexity index is 812. The standard InChI is InChI=1S/C19H23N3O5S/c1-2-26-18(25)13-7-9-22(10-8-13)16(23)12-27-17(24)11-20-19-21-14-5-3-4-6-15(14)28-19/h3-6,13H,2,7-12H2,1H3,(H,20,21). The van der Waals surface area contributed by atoms with Crippen molar-refractivity contribution >= 4 is 44.5 Å². The molecule has 0 unspecified atom stereocenters. The lowest BCUT2D eigenvalue weighted by Crippen LogP contribution is -2.42. The predicted molar refractivity (Wildman–Crippen MR) is 105 cm³/mol. The third-order valence-electron chi connectivity index (χ3n) is 4.50. The number of para-hydroxylation sites is 1. The van der Waals surface area contributed by atoms with Crippen molar-refractivity contribution in [2.75, 3.05) is 38.2 Å². The Kier molecular flexibility index (Phi) is 6.80. The van der Waals surface area contributed by atoms with Crippen molar-refractivity contribution in [1.29, 1.82) is 0 Å². The van der Waals surface area contributed by atoms with Crippen LogP contribution in [0.15, 0.2) is 24.3 Å². The van der Waals surface area contributed by atoms with E-state index in [0.29, 0.717) is 37.7 Å². The molecule has 0 aliphatic carbocycles. The fourth-order valence-electron chi connectivity index (χ4n) is 3.00. The van der Waals surface area contributed by atoms with Crippen LogP contribution in [0.2, 0.25) is 0 Å². The average Bonchev–Trinajstić information content (AvgIpc) is 3.14. The number of benzene rings is 1. The van der Waals surface area contributed by atoms with Gasteiger partial charge in [0.25, 0.3) is 5.91 Å². The molecule has 1 aromatic carbocycles. The number of amides is 1. The van der Waals surface area contributed by atoms with Crippen molar-refractivity contribution in [3.63, 3.8) is 0 Å². The normalized spacial score (nSPS) is 14.7. The van der Waals surface area contributed by atoms with Crippen LogP contribution in [0.5, 0.6) is 0 Å². The van der Waals surface area contributed by atoms with Crippen molar-refractivity contribution in [1.82, 2.24) is 9.88 Å². The maximum atomic E-state index is 12.2. The van der Waals surface area contributed by atoms with Gasteiger partial charge in [0, 0.05) is 13.1 Å². The number of nitrogens with one attached hydrogen (secondary N) is 1. The highest BCUT2D eigenvalue weighted by molar-refractivity contribution is 7.22. The molecule has 1 aliphatic rings. The Hall–Kier alpha value is -2.68. The summed E-state index contributed by atoms with van der Waals surface area (Å²) >= 11 is 1.45. The van der Waals surface area contributed by atoms with Crippen LogP contribution in [-0.4, -0.2) is 60.6 Å². The van der Waals surface area contributed by atoms with Crippen molar-refractivity contribution in [3.8, 4) is 0 Å². The number of piperidine rings is 1. The molecule has 0 saturated carbocycles. The predicted octanol–water partition coefficient (Wildman–Crippen LogP) is 2.05. The molecule has 1 saturated heterocycles. The van der Waals surface area contributed by atoms with Gasteiger partial charge in [0.2, 0.25) is 0 Å². The van der Waals surface area contributed by atoms with Gasteiger partial charge in [0.1, 0.15) is 6.54 Å². The van der Waals surface area contributed by atoms with Crippen LogP contribution in [0, 0.1) is 5.92 Å². The molecule has 1 aromatic heterocycles. The van der Waals surface area contributed by atoms with Crippen molar-refractivity contribution < 1.29 is 23.9 Å². The summed E-state index contributed by atoms with van der Waals surface area (Å²) in [6.45, 7) is 2.70. The lowest BCUT2D eigenvalue weighted by atomic mass is 9.97. The van der Waals surface area contributed by atoms with Gasteiger partial charge in [-0.25, -0.2) is 4.98 Å². The maximum Gasteiger partial charge on any atom is 0.325 e. The summed E-state index contributed by atoms with van der Waals surface area (Å²) in [4.78, 5) is 41.8. The summed E-state index contributed by atoms with van der Waals surface area (Å²) in [5, 5.41) is 3.55. The van der Waals surface area contributed by atoms with Crippen LogP contribution >= 0.6 is 11.3 Å². The molecule has 2 heterocycles. The number of thiazole rings is 1. The van der Waals surface area contributed by atoms with Crippen molar-refractivity contribution in [2.45, 2.75) is 19.8 Å². The monoisotopic (exact) mass is 405 g/mol. The molecule has 150 valence electrons. The van der Waals surface area contributed by atoms with Gasteiger partial charge in [-0.2, -0.15) is 0 Å². The second kappa shape index (κ2) is 9.50. The number of rotatable bonds is 7. The number of carbonyl (C=O) groups is 3. The van der Waals surface area contributed by atoms with E-state index in [1.165, 1.54) is 11.3 Å². The largest absolute Gasteiger partial charge is 0.466 e. The lowest BCUT2D eigenvalue weighted by molar-refractivity contribution is -0.154. The number of carbonyl (C=O) groups excluding carboxylic acids is 3. The third-order valence-corrected chi connectivity index (χ3v) is 5.50. The number of nitrogens with zero attached hydrogens (tertiary/aromatic N) is 2. The van der Waals surface area contributed by atoms with Crippen LogP contribution in [0.1, 0.15) is 19.8 Å². The fourth-order valence-corrected chi connectivity index (χ4v) is 3.87. The number of likely N-dealkylation sites (tertiary alicyclic amines) is 1. The topological polar surface area (TPSA) is 97.8 Å². The van der Waals surface area contributed by atoms with E-state index in [-0.39, 0.29) is 30.9 Å². The molecule has 28 heavy (non-hydrogen) atoms. The second-order valence-corrected chi connectivity index (χ2v) is 7.44. The number of ether oxygens (including phenoxy) is 2. The molecule has 0 bridgehead atoms. The van der Waals surface area contributed by atoms with Crippen LogP contribution in [-0.2, 0) is 23.9 Å².